The Morgan fingerprint density at radius 2 is 1.78 bits per heavy atom. The molecule has 32 heavy (non-hydrogen) atoms. The summed E-state index contributed by atoms with van der Waals surface area (Å²) in [6.45, 7) is 0.328. The summed E-state index contributed by atoms with van der Waals surface area (Å²) in [6.07, 6.45) is -0.114. The molecule has 0 fully saturated rings. The van der Waals surface area contributed by atoms with Gasteiger partial charge < -0.3 is 10.0 Å². The summed E-state index contributed by atoms with van der Waals surface area (Å²) >= 11 is 0. The van der Waals surface area contributed by atoms with Crippen molar-refractivity contribution in [1.82, 2.24) is 0 Å². The zero-order valence-electron chi connectivity index (χ0n) is 17.3. The van der Waals surface area contributed by atoms with Gasteiger partial charge in [-0.25, -0.2) is 8.42 Å². The standard InChI is InChI=1S/C24H21N3O4S/c1-32(30,31)26-19-6-4-5-18(13-19)22-23(28)20-7-2-3-8-21(20)27(24(22)29)15-17-11-9-16(14-25)10-12-17/h2-13,22,24,26,29H,15H2,1H3. The van der Waals surface area contributed by atoms with Gasteiger partial charge in [0.15, 0.2) is 5.78 Å². The number of ketones is 1. The van der Waals surface area contributed by atoms with E-state index in [2.05, 4.69) is 10.8 Å². The normalized spacial score (nSPS) is 18.0. The zero-order chi connectivity index (χ0) is 22.9. The van der Waals surface area contributed by atoms with Crippen LogP contribution in [-0.2, 0) is 16.6 Å². The highest BCUT2D eigenvalue weighted by molar-refractivity contribution is 7.92. The fourth-order valence-corrected chi connectivity index (χ4v) is 4.51. The predicted molar refractivity (Wildman–Crippen MR) is 122 cm³/mol. The molecule has 0 radical (unpaired) electrons. The first-order valence-corrected chi connectivity index (χ1v) is 11.8. The van der Waals surface area contributed by atoms with E-state index in [-0.39, 0.29) is 5.78 Å². The number of aliphatic hydroxyl groups excluding tert-OH is 1. The van der Waals surface area contributed by atoms with E-state index in [9.17, 15) is 18.3 Å². The lowest BCUT2D eigenvalue weighted by Gasteiger charge is -2.40. The Morgan fingerprint density at radius 3 is 2.47 bits per heavy atom. The summed E-state index contributed by atoms with van der Waals surface area (Å²) in [5.74, 6) is -1.13. The molecule has 0 saturated carbocycles. The number of fused-ring (bicyclic) bond motifs is 1. The van der Waals surface area contributed by atoms with Gasteiger partial charge in [-0.15, -0.1) is 0 Å². The van der Waals surface area contributed by atoms with Crippen molar-refractivity contribution in [2.45, 2.75) is 18.7 Å². The second-order valence-corrected chi connectivity index (χ2v) is 9.46. The Balaban J connectivity index is 1.74. The lowest BCUT2D eigenvalue weighted by molar-refractivity contribution is 0.0769. The fraction of sp³-hybridized carbons (Fsp3) is 0.167. The molecule has 0 saturated heterocycles. The van der Waals surface area contributed by atoms with Crippen LogP contribution >= 0.6 is 0 Å². The summed E-state index contributed by atoms with van der Waals surface area (Å²) in [5.41, 5.74) is 3.35. The Labute approximate surface area is 186 Å². The average molecular weight is 448 g/mol. The van der Waals surface area contributed by atoms with Crippen LogP contribution in [0.3, 0.4) is 0 Å². The molecule has 8 heteroatoms. The number of para-hydroxylation sites is 1. The van der Waals surface area contributed by atoms with Crippen molar-refractivity contribution in [3.8, 4) is 6.07 Å². The molecule has 0 bridgehead atoms. The molecule has 1 heterocycles. The van der Waals surface area contributed by atoms with Gasteiger partial charge in [-0.2, -0.15) is 5.26 Å². The van der Waals surface area contributed by atoms with Crippen molar-refractivity contribution >= 4 is 27.2 Å². The first-order valence-electron chi connectivity index (χ1n) is 9.91. The maximum atomic E-state index is 13.3. The first-order chi connectivity index (χ1) is 15.3. The van der Waals surface area contributed by atoms with Crippen molar-refractivity contribution in [3.63, 3.8) is 0 Å². The Bertz CT molecular complexity index is 1310. The van der Waals surface area contributed by atoms with Gasteiger partial charge in [-0.05, 0) is 47.5 Å². The van der Waals surface area contributed by atoms with E-state index in [1.165, 1.54) is 0 Å². The Hall–Kier alpha value is -3.67. The van der Waals surface area contributed by atoms with Crippen LogP contribution in [0, 0.1) is 11.3 Å². The maximum absolute atomic E-state index is 13.3. The smallest absolute Gasteiger partial charge is 0.229 e. The highest BCUT2D eigenvalue weighted by atomic mass is 32.2. The zero-order valence-corrected chi connectivity index (χ0v) is 18.1. The number of hydrogen-bond acceptors (Lipinski definition) is 6. The number of nitriles is 1. The van der Waals surface area contributed by atoms with E-state index < -0.39 is 22.2 Å². The van der Waals surface area contributed by atoms with E-state index in [0.717, 1.165) is 11.8 Å². The van der Waals surface area contributed by atoms with Crippen LogP contribution in [0.5, 0.6) is 0 Å². The van der Waals surface area contributed by atoms with Gasteiger partial charge in [-0.3, -0.25) is 9.52 Å². The van der Waals surface area contributed by atoms with E-state index in [1.807, 2.05) is 18.2 Å². The van der Waals surface area contributed by atoms with Gasteiger partial charge >= 0.3 is 0 Å². The Kier molecular flexibility index (Phi) is 5.70. The molecule has 1 aliphatic rings. The minimum absolute atomic E-state index is 0.235. The summed E-state index contributed by atoms with van der Waals surface area (Å²) in [6, 6.07) is 22.7. The van der Waals surface area contributed by atoms with Gasteiger partial charge in [0.25, 0.3) is 0 Å². The minimum atomic E-state index is -3.49. The van der Waals surface area contributed by atoms with E-state index in [1.54, 1.807) is 59.5 Å². The molecule has 2 atom stereocenters. The largest absolute Gasteiger partial charge is 0.372 e. The van der Waals surface area contributed by atoms with Crippen molar-refractivity contribution < 1.29 is 18.3 Å². The third kappa shape index (κ3) is 4.35. The van der Waals surface area contributed by atoms with Crippen molar-refractivity contribution in [3.05, 3.63) is 95.1 Å². The molecule has 1 aliphatic heterocycles. The molecule has 3 aromatic carbocycles. The molecule has 0 aliphatic carbocycles. The quantitative estimate of drug-likeness (QED) is 0.621. The minimum Gasteiger partial charge on any atom is -0.372 e. The summed E-state index contributed by atoms with van der Waals surface area (Å²) in [4.78, 5) is 15.1. The highest BCUT2D eigenvalue weighted by Crippen LogP contribution is 2.39. The molecule has 2 N–H and O–H groups in total. The third-order valence-electron chi connectivity index (χ3n) is 5.36. The molecular weight excluding hydrogens is 426 g/mol. The molecule has 2 unspecified atom stereocenters. The lowest BCUT2D eigenvalue weighted by atomic mass is 9.84. The molecular formula is C24H21N3O4S. The first kappa shape index (κ1) is 21.6. The van der Waals surface area contributed by atoms with Crippen LogP contribution in [-0.4, -0.2) is 31.8 Å². The van der Waals surface area contributed by atoms with Gasteiger partial charge in [0.1, 0.15) is 6.23 Å². The molecule has 4 rings (SSSR count). The van der Waals surface area contributed by atoms with Crippen molar-refractivity contribution in [1.29, 1.82) is 5.26 Å². The molecule has 7 nitrogen and oxygen atoms in total. The van der Waals surface area contributed by atoms with Gasteiger partial charge in [0.05, 0.1) is 23.8 Å². The fourth-order valence-electron chi connectivity index (χ4n) is 3.95. The predicted octanol–water partition coefficient (Wildman–Crippen LogP) is 3.23. The number of nitrogens with zero attached hydrogens (tertiary/aromatic N) is 2. The topological polar surface area (TPSA) is 111 Å². The third-order valence-corrected chi connectivity index (χ3v) is 5.97. The second kappa shape index (κ2) is 8.46. The maximum Gasteiger partial charge on any atom is 0.229 e. The molecule has 0 spiro atoms. The van der Waals surface area contributed by atoms with Crippen LogP contribution in [0.4, 0.5) is 11.4 Å². The second-order valence-electron chi connectivity index (χ2n) is 7.71. The molecule has 3 aromatic rings. The SMILES string of the molecule is CS(=O)(=O)Nc1cccc(C2C(=O)c3ccccc3N(Cc3ccc(C#N)cc3)C2O)c1. The number of nitrogens with one attached hydrogen (secondary N) is 1. The number of anilines is 2. The van der Waals surface area contributed by atoms with Crippen LogP contribution < -0.4 is 9.62 Å². The lowest BCUT2D eigenvalue weighted by Crippen LogP contribution is -2.46. The van der Waals surface area contributed by atoms with Crippen LogP contribution in [0.25, 0.3) is 0 Å². The number of rotatable bonds is 5. The summed E-state index contributed by atoms with van der Waals surface area (Å²) in [7, 11) is -3.49. The van der Waals surface area contributed by atoms with E-state index >= 15 is 0 Å². The summed E-state index contributed by atoms with van der Waals surface area (Å²) in [5, 5.41) is 20.3. The molecule has 162 valence electrons. The average Bonchev–Trinajstić information content (AvgIpc) is 2.76. The number of benzene rings is 3. The van der Waals surface area contributed by atoms with Gasteiger partial charge in [0.2, 0.25) is 10.0 Å². The molecule has 0 aromatic heterocycles. The van der Waals surface area contributed by atoms with E-state index in [0.29, 0.717) is 34.6 Å². The number of carbonyl (C=O) groups is 1. The number of sulfonamides is 1. The van der Waals surface area contributed by atoms with E-state index in [4.69, 9.17) is 5.26 Å². The van der Waals surface area contributed by atoms with Gasteiger partial charge in [0, 0.05) is 23.5 Å². The number of carbonyl (C=O) groups excluding carboxylic acids is 1. The van der Waals surface area contributed by atoms with Crippen molar-refractivity contribution in [2.24, 2.45) is 0 Å². The monoisotopic (exact) mass is 447 g/mol. The van der Waals surface area contributed by atoms with Crippen molar-refractivity contribution in [2.75, 3.05) is 15.9 Å². The summed E-state index contributed by atoms with van der Waals surface area (Å²) < 4.78 is 25.7. The van der Waals surface area contributed by atoms with Crippen LogP contribution in [0.2, 0.25) is 0 Å². The van der Waals surface area contributed by atoms with Crippen LogP contribution in [0.1, 0.15) is 33.0 Å². The highest BCUT2D eigenvalue weighted by Gasteiger charge is 2.40. The van der Waals surface area contributed by atoms with Crippen LogP contribution in [0.15, 0.2) is 72.8 Å². The Morgan fingerprint density at radius 1 is 1.06 bits per heavy atom. The number of aliphatic hydroxyl groups is 1. The number of Topliss-reactive ketones (excluding diaryl/α,β-unsaturated/α-hetero) is 1. The number of hydrogen-bond donors (Lipinski definition) is 2. The van der Waals surface area contributed by atoms with Gasteiger partial charge in [-0.1, -0.05) is 36.4 Å². The molecule has 0 amide bonds.